The van der Waals surface area contributed by atoms with Crippen molar-refractivity contribution in [3.63, 3.8) is 0 Å². The number of nitrogens with one attached hydrogen (secondary N) is 2. The van der Waals surface area contributed by atoms with Gasteiger partial charge in [-0.05, 0) is 13.2 Å². The van der Waals surface area contributed by atoms with Crippen LogP contribution in [0.2, 0.25) is 0 Å². The molecule has 2 rings (SSSR count). The van der Waals surface area contributed by atoms with Gasteiger partial charge in [0.2, 0.25) is 0 Å². The fourth-order valence-corrected chi connectivity index (χ4v) is 1.91. The molecule has 2 aromatic rings. The second-order valence-electron chi connectivity index (χ2n) is 3.88. The van der Waals surface area contributed by atoms with Crippen molar-refractivity contribution in [3.05, 3.63) is 35.2 Å². The van der Waals surface area contributed by atoms with Crippen LogP contribution in [0.5, 0.6) is 0 Å². The van der Waals surface area contributed by atoms with E-state index in [1.807, 2.05) is 13.2 Å². The molecule has 0 spiro atoms. The lowest BCUT2D eigenvalue weighted by Gasteiger charge is -2.03. The van der Waals surface area contributed by atoms with E-state index < -0.39 is 0 Å². The normalized spacial score (nSPS) is 10.4. The summed E-state index contributed by atoms with van der Waals surface area (Å²) in [7, 11) is 0. The number of aromatic amines is 1. The van der Waals surface area contributed by atoms with E-state index in [2.05, 4.69) is 30.7 Å². The average molecular weight is 278 g/mol. The Balaban J connectivity index is 1.97. The van der Waals surface area contributed by atoms with Crippen LogP contribution in [0.1, 0.15) is 27.6 Å². The van der Waals surface area contributed by atoms with Gasteiger partial charge in [0.05, 0.1) is 24.1 Å². The molecule has 0 aromatic carbocycles. The third-order valence-corrected chi connectivity index (χ3v) is 2.94. The summed E-state index contributed by atoms with van der Waals surface area (Å²) in [4.78, 5) is 20.2. The van der Waals surface area contributed by atoms with Crippen molar-refractivity contribution in [2.75, 3.05) is 6.26 Å². The second-order valence-corrected chi connectivity index (χ2v) is 4.75. The molecule has 0 atom stereocenters. The van der Waals surface area contributed by atoms with Gasteiger partial charge in [-0.1, -0.05) is 0 Å². The fourth-order valence-electron chi connectivity index (χ4n) is 1.44. The maximum atomic E-state index is 12.0. The van der Waals surface area contributed by atoms with Crippen LogP contribution in [-0.2, 0) is 12.3 Å². The molecule has 2 N–H and O–H groups in total. The second kappa shape index (κ2) is 6.28. The van der Waals surface area contributed by atoms with Crippen molar-refractivity contribution in [2.45, 2.75) is 19.2 Å². The molecular formula is C11H14N6OS. The first-order valence-corrected chi connectivity index (χ1v) is 7.04. The van der Waals surface area contributed by atoms with E-state index in [1.165, 1.54) is 0 Å². The Labute approximate surface area is 114 Å². The molecule has 1 amide bonds. The zero-order chi connectivity index (χ0) is 13.7. The van der Waals surface area contributed by atoms with Crippen molar-refractivity contribution >= 4 is 17.7 Å². The minimum Gasteiger partial charge on any atom is -0.345 e. The minimum atomic E-state index is -0.264. The number of aromatic nitrogens is 5. The third-order valence-electron chi connectivity index (χ3n) is 2.38. The largest absolute Gasteiger partial charge is 0.345 e. The van der Waals surface area contributed by atoms with E-state index in [4.69, 9.17) is 0 Å². The van der Waals surface area contributed by atoms with E-state index in [0.717, 1.165) is 5.69 Å². The molecule has 0 unspecified atom stereocenters. The summed E-state index contributed by atoms with van der Waals surface area (Å²) in [6.07, 6.45) is 5.25. The zero-order valence-corrected chi connectivity index (χ0v) is 11.5. The van der Waals surface area contributed by atoms with Gasteiger partial charge in [-0.15, -0.1) is 0 Å². The van der Waals surface area contributed by atoms with Crippen LogP contribution in [0, 0.1) is 6.92 Å². The Hall–Kier alpha value is -1.96. The molecule has 0 aliphatic rings. The summed E-state index contributed by atoms with van der Waals surface area (Å²) in [6, 6.07) is 0. The van der Waals surface area contributed by atoms with Gasteiger partial charge in [-0.25, -0.2) is 0 Å². The summed E-state index contributed by atoms with van der Waals surface area (Å²) < 4.78 is 0. The first-order valence-electron chi connectivity index (χ1n) is 5.65. The first-order chi connectivity index (χ1) is 9.20. The Kier molecular flexibility index (Phi) is 4.45. The van der Waals surface area contributed by atoms with E-state index in [9.17, 15) is 4.79 Å². The Morgan fingerprint density at radius 1 is 1.37 bits per heavy atom. The maximum absolute atomic E-state index is 12.0. The molecule has 0 saturated heterocycles. The average Bonchev–Trinajstić information content (AvgIpc) is 2.86. The maximum Gasteiger partial charge on any atom is 0.274 e. The predicted octanol–water partition coefficient (Wildman–Crippen LogP) is 0.696. The van der Waals surface area contributed by atoms with Gasteiger partial charge >= 0.3 is 0 Å². The Morgan fingerprint density at radius 3 is 2.89 bits per heavy atom. The van der Waals surface area contributed by atoms with Crippen molar-refractivity contribution < 1.29 is 4.79 Å². The first kappa shape index (κ1) is 13.5. The predicted molar refractivity (Wildman–Crippen MR) is 71.5 cm³/mol. The van der Waals surface area contributed by atoms with E-state index >= 15 is 0 Å². The number of thioether (sulfide) groups is 1. The lowest BCUT2D eigenvalue weighted by molar-refractivity contribution is 0.0944. The van der Waals surface area contributed by atoms with Gasteiger partial charge in [0.25, 0.3) is 5.91 Å². The van der Waals surface area contributed by atoms with Crippen LogP contribution in [0.4, 0.5) is 0 Å². The highest BCUT2D eigenvalue weighted by atomic mass is 32.2. The molecule has 7 nitrogen and oxygen atoms in total. The van der Waals surface area contributed by atoms with Gasteiger partial charge < -0.3 is 5.32 Å². The van der Waals surface area contributed by atoms with Gasteiger partial charge in [0.1, 0.15) is 5.69 Å². The van der Waals surface area contributed by atoms with Gasteiger partial charge in [0.15, 0.2) is 5.69 Å². The quantitative estimate of drug-likeness (QED) is 0.835. The van der Waals surface area contributed by atoms with Crippen molar-refractivity contribution in [2.24, 2.45) is 0 Å². The van der Waals surface area contributed by atoms with Crippen molar-refractivity contribution in [1.29, 1.82) is 0 Å². The topological polar surface area (TPSA) is 96.5 Å². The third kappa shape index (κ3) is 3.50. The molecule has 0 radical (unpaired) electrons. The summed E-state index contributed by atoms with van der Waals surface area (Å²) in [6.45, 7) is 2.18. The zero-order valence-electron chi connectivity index (χ0n) is 10.7. The number of hydrogen-bond donors (Lipinski definition) is 2. The molecule has 0 aliphatic carbocycles. The fraction of sp³-hybridized carbons (Fsp3) is 0.364. The highest BCUT2D eigenvalue weighted by Crippen LogP contribution is 2.09. The molecule has 0 bridgehead atoms. The SMILES string of the molecule is CSCc1n[nH]nc1C(=O)NCc1cnc(C)cn1. The number of aryl methyl sites for hydroxylation is 1. The summed E-state index contributed by atoms with van der Waals surface area (Å²) >= 11 is 1.58. The van der Waals surface area contributed by atoms with E-state index in [1.54, 1.807) is 24.2 Å². The standard InChI is InChI=1S/C11H14N6OS/c1-7-3-13-8(4-12-7)5-14-11(18)10-9(6-19-2)15-17-16-10/h3-4H,5-6H2,1-2H3,(H,14,18)(H,15,16,17). The van der Waals surface area contributed by atoms with E-state index in [-0.39, 0.29) is 5.91 Å². The molecule has 0 saturated carbocycles. The highest BCUT2D eigenvalue weighted by molar-refractivity contribution is 7.97. The smallest absolute Gasteiger partial charge is 0.274 e. The minimum absolute atomic E-state index is 0.264. The number of rotatable bonds is 5. The molecule has 2 aromatic heterocycles. The number of hydrogen-bond acceptors (Lipinski definition) is 6. The number of carbonyl (C=O) groups excluding carboxylic acids is 1. The van der Waals surface area contributed by atoms with Crippen molar-refractivity contribution in [1.82, 2.24) is 30.7 Å². The molecular weight excluding hydrogens is 264 g/mol. The summed E-state index contributed by atoms with van der Waals surface area (Å²) in [5.74, 6) is 0.379. The molecule has 0 fully saturated rings. The lowest BCUT2D eigenvalue weighted by Crippen LogP contribution is -2.24. The number of H-pyrrole nitrogens is 1. The van der Waals surface area contributed by atoms with Gasteiger partial charge in [-0.3, -0.25) is 14.8 Å². The number of carbonyl (C=O) groups is 1. The van der Waals surface area contributed by atoms with Crippen molar-refractivity contribution in [3.8, 4) is 0 Å². The monoisotopic (exact) mass is 278 g/mol. The lowest BCUT2D eigenvalue weighted by atomic mass is 10.3. The molecule has 2 heterocycles. The highest BCUT2D eigenvalue weighted by Gasteiger charge is 2.15. The van der Waals surface area contributed by atoms with Crippen LogP contribution < -0.4 is 5.32 Å². The van der Waals surface area contributed by atoms with Gasteiger partial charge in [-0.2, -0.15) is 27.2 Å². The summed E-state index contributed by atoms with van der Waals surface area (Å²) in [5, 5.41) is 13.0. The number of amides is 1. The molecule has 8 heteroatoms. The van der Waals surface area contributed by atoms with E-state index in [0.29, 0.717) is 29.4 Å². The van der Waals surface area contributed by atoms with Crippen LogP contribution in [0.3, 0.4) is 0 Å². The Morgan fingerprint density at radius 2 is 2.21 bits per heavy atom. The molecule has 0 aliphatic heterocycles. The number of nitrogens with zero attached hydrogens (tertiary/aromatic N) is 4. The van der Waals surface area contributed by atoms with Crippen LogP contribution in [0.25, 0.3) is 0 Å². The van der Waals surface area contributed by atoms with Crippen LogP contribution >= 0.6 is 11.8 Å². The Bertz CT molecular complexity index is 553. The van der Waals surface area contributed by atoms with Gasteiger partial charge in [0, 0.05) is 11.9 Å². The molecule has 100 valence electrons. The molecule has 19 heavy (non-hydrogen) atoms. The van der Waals surface area contributed by atoms with Crippen LogP contribution in [0.15, 0.2) is 12.4 Å². The van der Waals surface area contributed by atoms with Crippen LogP contribution in [-0.4, -0.2) is 37.5 Å². The summed E-state index contributed by atoms with van der Waals surface area (Å²) in [5.41, 5.74) is 2.53.